The molecular weight excluding hydrogens is 284 g/mol. The molecule has 1 aliphatic heterocycles. The highest BCUT2D eigenvalue weighted by atomic mass is 35.5. The molecule has 21 heavy (non-hydrogen) atoms. The lowest BCUT2D eigenvalue weighted by molar-refractivity contribution is -0.137. The van der Waals surface area contributed by atoms with Gasteiger partial charge in [-0.25, -0.2) is 0 Å². The summed E-state index contributed by atoms with van der Waals surface area (Å²) in [6.45, 7) is 8.71. The average Bonchev–Trinajstić information content (AvgIpc) is 2.50. The number of hydrogen-bond acceptors (Lipinski definition) is 2. The summed E-state index contributed by atoms with van der Waals surface area (Å²) in [4.78, 5) is 16.7. The van der Waals surface area contributed by atoms with Crippen LogP contribution in [0.2, 0.25) is 5.02 Å². The summed E-state index contributed by atoms with van der Waals surface area (Å²) in [7, 11) is 0. The Balaban J connectivity index is 1.80. The molecule has 0 saturated carbocycles. The summed E-state index contributed by atoms with van der Waals surface area (Å²) in [5.41, 5.74) is 1.28. The second-order valence-corrected chi connectivity index (χ2v) is 6.35. The molecule has 1 fully saturated rings. The van der Waals surface area contributed by atoms with Crippen molar-refractivity contribution in [3.8, 4) is 0 Å². The summed E-state index contributed by atoms with van der Waals surface area (Å²) in [6.07, 6.45) is 2.06. The van der Waals surface area contributed by atoms with Crippen LogP contribution < -0.4 is 0 Å². The number of rotatable bonds is 5. The van der Waals surface area contributed by atoms with E-state index in [4.69, 9.17) is 11.6 Å². The van der Waals surface area contributed by atoms with Gasteiger partial charge in [0, 0.05) is 43.7 Å². The molecule has 0 radical (unpaired) electrons. The second kappa shape index (κ2) is 7.81. The van der Waals surface area contributed by atoms with Gasteiger partial charge in [0.1, 0.15) is 0 Å². The molecule has 1 aromatic rings. The highest BCUT2D eigenvalue weighted by molar-refractivity contribution is 6.30. The van der Waals surface area contributed by atoms with Crippen molar-refractivity contribution in [3.63, 3.8) is 0 Å². The Hall–Kier alpha value is -1.06. The Bertz CT molecular complexity index is 452. The van der Waals surface area contributed by atoms with Crippen molar-refractivity contribution in [1.29, 1.82) is 0 Å². The molecule has 0 bridgehead atoms. The summed E-state index contributed by atoms with van der Waals surface area (Å²) >= 11 is 5.91. The molecule has 0 spiro atoms. The molecule has 1 saturated heterocycles. The maximum absolute atomic E-state index is 12.3. The number of benzene rings is 1. The first-order chi connectivity index (χ1) is 10.1. The molecule has 3 nitrogen and oxygen atoms in total. The molecular formula is C17H25ClN2O. The molecule has 1 aliphatic rings. The lowest BCUT2D eigenvalue weighted by atomic mass is 10.0. The molecule has 0 aliphatic carbocycles. The van der Waals surface area contributed by atoms with E-state index in [-0.39, 0.29) is 5.92 Å². The standard InChI is InChI=1S/C17H25ClN2O/c1-3-4-14(2)17(21)20-11-9-19(10-12-20)13-15-5-7-16(18)8-6-15/h5-8,14H,3-4,9-13H2,1-2H3. The van der Waals surface area contributed by atoms with E-state index >= 15 is 0 Å². The molecule has 1 aromatic carbocycles. The highest BCUT2D eigenvalue weighted by Crippen LogP contribution is 2.15. The summed E-state index contributed by atoms with van der Waals surface area (Å²) < 4.78 is 0. The molecule has 1 heterocycles. The summed E-state index contributed by atoms with van der Waals surface area (Å²) in [6, 6.07) is 8.01. The molecule has 4 heteroatoms. The van der Waals surface area contributed by atoms with Gasteiger partial charge in [0.05, 0.1) is 0 Å². The Labute approximate surface area is 132 Å². The monoisotopic (exact) mass is 308 g/mol. The first kappa shape index (κ1) is 16.3. The fourth-order valence-electron chi connectivity index (χ4n) is 2.84. The van der Waals surface area contributed by atoms with Gasteiger partial charge in [-0.3, -0.25) is 9.69 Å². The minimum Gasteiger partial charge on any atom is -0.340 e. The molecule has 0 aromatic heterocycles. The van der Waals surface area contributed by atoms with E-state index in [1.54, 1.807) is 0 Å². The molecule has 2 rings (SSSR count). The first-order valence-electron chi connectivity index (χ1n) is 7.85. The van der Waals surface area contributed by atoms with E-state index in [2.05, 4.69) is 24.0 Å². The van der Waals surface area contributed by atoms with E-state index < -0.39 is 0 Å². The lowest BCUT2D eigenvalue weighted by Gasteiger charge is -2.36. The smallest absolute Gasteiger partial charge is 0.225 e. The van der Waals surface area contributed by atoms with Crippen LogP contribution in [0.4, 0.5) is 0 Å². The van der Waals surface area contributed by atoms with Gasteiger partial charge in [0.25, 0.3) is 0 Å². The van der Waals surface area contributed by atoms with Crippen molar-refractivity contribution in [1.82, 2.24) is 9.80 Å². The van der Waals surface area contributed by atoms with Crippen LogP contribution in [-0.4, -0.2) is 41.9 Å². The van der Waals surface area contributed by atoms with Crippen molar-refractivity contribution in [2.45, 2.75) is 33.2 Å². The fraction of sp³-hybridized carbons (Fsp3) is 0.588. The van der Waals surface area contributed by atoms with Crippen LogP contribution in [0, 0.1) is 5.92 Å². The highest BCUT2D eigenvalue weighted by Gasteiger charge is 2.24. The number of piperazine rings is 1. The zero-order valence-electron chi connectivity index (χ0n) is 13.0. The van der Waals surface area contributed by atoms with Gasteiger partial charge in [-0.2, -0.15) is 0 Å². The summed E-state index contributed by atoms with van der Waals surface area (Å²) in [5.74, 6) is 0.487. The molecule has 1 amide bonds. The van der Waals surface area contributed by atoms with Gasteiger partial charge in [0.15, 0.2) is 0 Å². The minimum atomic E-state index is 0.165. The maximum atomic E-state index is 12.3. The van der Waals surface area contributed by atoms with E-state index in [1.807, 2.05) is 24.0 Å². The Morgan fingerprint density at radius 1 is 1.19 bits per heavy atom. The topological polar surface area (TPSA) is 23.6 Å². The van der Waals surface area contributed by atoms with Gasteiger partial charge >= 0.3 is 0 Å². The van der Waals surface area contributed by atoms with Crippen LogP contribution in [0.3, 0.4) is 0 Å². The van der Waals surface area contributed by atoms with Crippen LogP contribution in [0.25, 0.3) is 0 Å². The van der Waals surface area contributed by atoms with Crippen LogP contribution in [0.1, 0.15) is 32.3 Å². The third-order valence-corrected chi connectivity index (χ3v) is 4.40. The zero-order chi connectivity index (χ0) is 15.2. The lowest BCUT2D eigenvalue weighted by Crippen LogP contribution is -2.49. The van der Waals surface area contributed by atoms with Gasteiger partial charge in [-0.1, -0.05) is 44.0 Å². The van der Waals surface area contributed by atoms with Gasteiger partial charge in [-0.15, -0.1) is 0 Å². The number of carbonyl (C=O) groups excluding carboxylic acids is 1. The maximum Gasteiger partial charge on any atom is 0.225 e. The Kier molecular flexibility index (Phi) is 6.07. The third kappa shape index (κ3) is 4.72. The molecule has 1 unspecified atom stereocenters. The molecule has 0 N–H and O–H groups in total. The molecule has 1 atom stereocenters. The average molecular weight is 309 g/mol. The number of amides is 1. The van der Waals surface area contributed by atoms with Crippen molar-refractivity contribution >= 4 is 17.5 Å². The Morgan fingerprint density at radius 2 is 1.81 bits per heavy atom. The number of carbonyl (C=O) groups is 1. The van der Waals surface area contributed by atoms with Crippen molar-refractivity contribution in [2.24, 2.45) is 5.92 Å². The second-order valence-electron chi connectivity index (χ2n) is 5.92. The van der Waals surface area contributed by atoms with Gasteiger partial charge in [0.2, 0.25) is 5.91 Å². The normalized spacial score (nSPS) is 17.8. The fourth-order valence-corrected chi connectivity index (χ4v) is 2.97. The van der Waals surface area contributed by atoms with Crippen molar-refractivity contribution in [3.05, 3.63) is 34.9 Å². The van der Waals surface area contributed by atoms with Gasteiger partial charge < -0.3 is 4.90 Å². The minimum absolute atomic E-state index is 0.165. The predicted octanol–water partition coefficient (Wildman–Crippen LogP) is 3.42. The van der Waals surface area contributed by atoms with E-state index in [0.29, 0.717) is 5.91 Å². The largest absolute Gasteiger partial charge is 0.340 e. The third-order valence-electron chi connectivity index (χ3n) is 4.15. The number of halogens is 1. The Morgan fingerprint density at radius 3 is 2.38 bits per heavy atom. The van der Waals surface area contributed by atoms with E-state index in [0.717, 1.165) is 50.6 Å². The van der Waals surface area contributed by atoms with Crippen LogP contribution in [0.15, 0.2) is 24.3 Å². The zero-order valence-corrected chi connectivity index (χ0v) is 13.8. The van der Waals surface area contributed by atoms with Crippen molar-refractivity contribution in [2.75, 3.05) is 26.2 Å². The number of hydrogen-bond donors (Lipinski definition) is 0. The quantitative estimate of drug-likeness (QED) is 0.832. The van der Waals surface area contributed by atoms with Crippen molar-refractivity contribution < 1.29 is 4.79 Å². The predicted molar refractivity (Wildman–Crippen MR) is 87.4 cm³/mol. The van der Waals surface area contributed by atoms with Crippen LogP contribution in [0.5, 0.6) is 0 Å². The number of nitrogens with zero attached hydrogens (tertiary/aromatic N) is 2. The first-order valence-corrected chi connectivity index (χ1v) is 8.23. The van der Waals surface area contributed by atoms with Crippen LogP contribution >= 0.6 is 11.6 Å². The molecule has 116 valence electrons. The van der Waals surface area contributed by atoms with Crippen LogP contribution in [-0.2, 0) is 11.3 Å². The van der Waals surface area contributed by atoms with E-state index in [1.165, 1.54) is 5.56 Å². The SMILES string of the molecule is CCCC(C)C(=O)N1CCN(Cc2ccc(Cl)cc2)CC1. The van der Waals surface area contributed by atoms with Gasteiger partial charge in [-0.05, 0) is 24.1 Å². The van der Waals surface area contributed by atoms with E-state index in [9.17, 15) is 4.79 Å². The summed E-state index contributed by atoms with van der Waals surface area (Å²) in [5, 5.41) is 0.777.